The molecule has 212 valence electrons. The van der Waals surface area contributed by atoms with E-state index in [9.17, 15) is 19.1 Å². The van der Waals surface area contributed by atoms with Crippen molar-refractivity contribution in [2.45, 2.75) is 38.8 Å². The summed E-state index contributed by atoms with van der Waals surface area (Å²) in [4.78, 5) is 11.5. The predicted molar refractivity (Wildman–Crippen MR) is 157 cm³/mol. The SMILES string of the molecule is Cc1ccc(C(C)n2nc(-c3cccc(C#N)c3O)c3c(N4CCC(N)CC4)c(-c4cc(F)cc(F)c4)cnc32)nc1. The zero-order chi connectivity index (χ0) is 29.5. The number of nitrogens with zero attached hydrogens (tertiary/aromatic N) is 6. The van der Waals surface area contributed by atoms with E-state index in [1.165, 1.54) is 18.2 Å². The van der Waals surface area contributed by atoms with Crippen LogP contribution in [0, 0.1) is 29.9 Å². The molecule has 8 nitrogen and oxygen atoms in total. The van der Waals surface area contributed by atoms with E-state index in [4.69, 9.17) is 15.8 Å². The van der Waals surface area contributed by atoms with Crippen LogP contribution >= 0.6 is 0 Å². The molecule has 1 saturated heterocycles. The van der Waals surface area contributed by atoms with Gasteiger partial charge in [-0.05, 0) is 68.1 Å². The molecule has 42 heavy (non-hydrogen) atoms. The van der Waals surface area contributed by atoms with Crippen molar-refractivity contribution in [2.75, 3.05) is 18.0 Å². The molecular formula is C32H29F2N7O. The third-order valence-electron chi connectivity index (χ3n) is 7.86. The highest BCUT2D eigenvalue weighted by Gasteiger charge is 2.29. The summed E-state index contributed by atoms with van der Waals surface area (Å²) < 4.78 is 30.7. The highest BCUT2D eigenvalue weighted by atomic mass is 19.1. The molecule has 0 amide bonds. The Morgan fingerprint density at radius 1 is 1.02 bits per heavy atom. The second-order valence-corrected chi connectivity index (χ2v) is 10.7. The van der Waals surface area contributed by atoms with E-state index < -0.39 is 11.6 Å². The van der Waals surface area contributed by atoms with Gasteiger partial charge in [-0.2, -0.15) is 10.4 Å². The summed E-state index contributed by atoms with van der Waals surface area (Å²) in [5.41, 5.74) is 10.9. The number of rotatable bonds is 5. The van der Waals surface area contributed by atoms with Gasteiger partial charge in [0, 0.05) is 48.7 Å². The zero-order valence-corrected chi connectivity index (χ0v) is 23.2. The molecule has 0 spiro atoms. The minimum atomic E-state index is -0.703. The van der Waals surface area contributed by atoms with Crippen molar-refractivity contribution in [3.05, 3.63) is 89.4 Å². The fourth-order valence-electron chi connectivity index (χ4n) is 5.60. The number of pyridine rings is 2. The summed E-state index contributed by atoms with van der Waals surface area (Å²) in [6.45, 7) is 5.13. The van der Waals surface area contributed by atoms with Gasteiger partial charge in [-0.15, -0.1) is 0 Å². The number of aromatic nitrogens is 4. The number of halogens is 2. The van der Waals surface area contributed by atoms with Crippen LogP contribution in [0.25, 0.3) is 33.4 Å². The van der Waals surface area contributed by atoms with Crippen LogP contribution < -0.4 is 10.6 Å². The first-order valence-corrected chi connectivity index (χ1v) is 13.8. The Balaban J connectivity index is 1.70. The van der Waals surface area contributed by atoms with Crippen LogP contribution in [0.1, 0.15) is 42.6 Å². The van der Waals surface area contributed by atoms with Crippen molar-refractivity contribution in [3.63, 3.8) is 0 Å². The number of nitriles is 1. The van der Waals surface area contributed by atoms with Crippen molar-refractivity contribution in [2.24, 2.45) is 5.73 Å². The number of aryl methyl sites for hydroxylation is 1. The average Bonchev–Trinajstić information content (AvgIpc) is 3.36. The van der Waals surface area contributed by atoms with Crippen LogP contribution in [-0.2, 0) is 0 Å². The largest absolute Gasteiger partial charge is 0.506 e. The Morgan fingerprint density at radius 2 is 1.76 bits per heavy atom. The number of hydrogen-bond donors (Lipinski definition) is 2. The van der Waals surface area contributed by atoms with Crippen molar-refractivity contribution < 1.29 is 13.9 Å². The van der Waals surface area contributed by atoms with Gasteiger partial charge >= 0.3 is 0 Å². The molecule has 0 bridgehead atoms. The minimum absolute atomic E-state index is 0.0415. The van der Waals surface area contributed by atoms with Gasteiger partial charge in [-0.25, -0.2) is 18.4 Å². The number of anilines is 1. The van der Waals surface area contributed by atoms with Crippen LogP contribution in [-0.4, -0.2) is 44.0 Å². The second kappa shape index (κ2) is 10.8. The van der Waals surface area contributed by atoms with Gasteiger partial charge in [-0.1, -0.05) is 12.1 Å². The molecule has 3 aromatic heterocycles. The molecule has 5 aromatic rings. The van der Waals surface area contributed by atoms with Crippen molar-refractivity contribution in [3.8, 4) is 34.2 Å². The van der Waals surface area contributed by atoms with E-state index in [-0.39, 0.29) is 23.4 Å². The Kier molecular flexibility index (Phi) is 7.04. The lowest BCUT2D eigenvalue weighted by molar-refractivity contribution is 0.475. The zero-order valence-electron chi connectivity index (χ0n) is 23.2. The smallest absolute Gasteiger partial charge is 0.161 e. The molecule has 1 aliphatic heterocycles. The third kappa shape index (κ3) is 4.82. The van der Waals surface area contributed by atoms with E-state index in [0.717, 1.165) is 30.2 Å². The predicted octanol–water partition coefficient (Wildman–Crippen LogP) is 5.86. The van der Waals surface area contributed by atoms with Crippen LogP contribution in [0.3, 0.4) is 0 Å². The van der Waals surface area contributed by atoms with Crippen LogP contribution in [0.5, 0.6) is 5.75 Å². The molecule has 0 saturated carbocycles. The lowest BCUT2D eigenvalue weighted by Crippen LogP contribution is -2.40. The topological polar surface area (TPSA) is 117 Å². The number of para-hydroxylation sites is 1. The van der Waals surface area contributed by atoms with Crippen LogP contribution in [0.4, 0.5) is 14.5 Å². The van der Waals surface area contributed by atoms with Gasteiger partial charge in [0.15, 0.2) is 5.65 Å². The molecule has 2 aromatic carbocycles. The Labute approximate surface area is 241 Å². The highest BCUT2D eigenvalue weighted by Crippen LogP contribution is 2.45. The minimum Gasteiger partial charge on any atom is -0.506 e. The Bertz CT molecular complexity index is 1820. The first kappa shape index (κ1) is 27.3. The van der Waals surface area contributed by atoms with Gasteiger partial charge in [0.05, 0.1) is 28.4 Å². The van der Waals surface area contributed by atoms with E-state index >= 15 is 0 Å². The molecular weight excluding hydrogens is 536 g/mol. The number of benzene rings is 2. The first-order chi connectivity index (χ1) is 20.2. The third-order valence-corrected chi connectivity index (χ3v) is 7.86. The Morgan fingerprint density at radius 3 is 2.43 bits per heavy atom. The van der Waals surface area contributed by atoms with Gasteiger partial charge in [0.25, 0.3) is 0 Å². The highest BCUT2D eigenvalue weighted by molar-refractivity contribution is 6.07. The van der Waals surface area contributed by atoms with Gasteiger partial charge in [-0.3, -0.25) is 4.98 Å². The van der Waals surface area contributed by atoms with Crippen LogP contribution in [0.15, 0.2) is 60.9 Å². The summed E-state index contributed by atoms with van der Waals surface area (Å²) in [5.74, 6) is -1.61. The summed E-state index contributed by atoms with van der Waals surface area (Å²) in [6, 6.07) is 13.9. The maximum atomic E-state index is 14.5. The fraction of sp³-hybridized carbons (Fsp3) is 0.250. The van der Waals surface area contributed by atoms with Gasteiger partial charge in [0.2, 0.25) is 0 Å². The number of fused-ring (bicyclic) bond motifs is 1. The van der Waals surface area contributed by atoms with Crippen molar-refractivity contribution in [1.82, 2.24) is 19.7 Å². The lowest BCUT2D eigenvalue weighted by atomic mass is 9.96. The van der Waals surface area contributed by atoms with Gasteiger partial charge < -0.3 is 15.7 Å². The van der Waals surface area contributed by atoms with Crippen molar-refractivity contribution >= 4 is 16.7 Å². The van der Waals surface area contributed by atoms with E-state index in [2.05, 4.69) is 9.88 Å². The molecule has 3 N–H and O–H groups in total. The monoisotopic (exact) mass is 565 g/mol. The standard InChI is InChI=1S/C32H29F2N7O/c1-18-6-7-27(37-16-18)19(2)41-32-28(29(39-41)25-5-3-4-20(15-35)31(25)42)30(40-10-8-24(36)9-11-40)26(17-38-32)21-12-22(33)14-23(34)13-21/h3-7,12-14,16-17,19,24,42H,8-11,36H2,1-2H3. The number of phenols is 1. The molecule has 1 atom stereocenters. The van der Waals surface area contributed by atoms with E-state index in [1.54, 1.807) is 29.2 Å². The molecule has 1 aliphatic rings. The normalized spacial score (nSPS) is 14.7. The van der Waals surface area contributed by atoms with E-state index in [0.29, 0.717) is 52.2 Å². The quantitative estimate of drug-likeness (QED) is 0.274. The van der Waals surface area contributed by atoms with E-state index in [1.807, 2.05) is 32.0 Å². The van der Waals surface area contributed by atoms with Crippen molar-refractivity contribution in [1.29, 1.82) is 5.26 Å². The molecule has 1 fully saturated rings. The number of phenolic OH excluding ortho intramolecular Hbond substituents is 1. The maximum absolute atomic E-state index is 14.5. The summed E-state index contributed by atoms with van der Waals surface area (Å²) in [5, 5.41) is 26.4. The lowest BCUT2D eigenvalue weighted by Gasteiger charge is -2.34. The number of hydrogen-bond acceptors (Lipinski definition) is 7. The average molecular weight is 566 g/mol. The number of piperidine rings is 1. The number of aromatic hydroxyl groups is 1. The summed E-state index contributed by atoms with van der Waals surface area (Å²) >= 11 is 0. The van der Waals surface area contributed by atoms with Gasteiger partial charge in [0.1, 0.15) is 29.1 Å². The molecule has 4 heterocycles. The second-order valence-electron chi connectivity index (χ2n) is 10.7. The number of nitrogens with two attached hydrogens (primary N) is 1. The molecule has 1 unspecified atom stereocenters. The Hall–Kier alpha value is -4.88. The van der Waals surface area contributed by atoms with Crippen LogP contribution in [0.2, 0.25) is 0 Å². The first-order valence-electron chi connectivity index (χ1n) is 13.8. The molecule has 0 aliphatic carbocycles. The summed E-state index contributed by atoms with van der Waals surface area (Å²) in [6.07, 6.45) is 4.85. The summed E-state index contributed by atoms with van der Waals surface area (Å²) in [7, 11) is 0. The molecule has 6 rings (SSSR count). The maximum Gasteiger partial charge on any atom is 0.161 e. The molecule has 10 heteroatoms. The molecule has 0 radical (unpaired) electrons. The fourth-order valence-corrected chi connectivity index (χ4v) is 5.60.